The number of carbonyl (C=O) groups is 2. The molecule has 0 fully saturated rings. The van der Waals surface area contributed by atoms with Crippen LogP contribution in [0.1, 0.15) is 47.2 Å². The molecule has 8 nitrogen and oxygen atoms in total. The molecule has 1 aromatic heterocycles. The molecular weight excluding hydrogens is 438 g/mol. The third-order valence-corrected chi connectivity index (χ3v) is 6.10. The van der Waals surface area contributed by atoms with E-state index in [9.17, 15) is 9.59 Å². The number of carbonyl (C=O) groups excluding carboxylic acids is 2. The third-order valence-electron chi connectivity index (χ3n) is 5.14. The van der Waals surface area contributed by atoms with Gasteiger partial charge in [0.05, 0.1) is 18.9 Å². The van der Waals surface area contributed by atoms with Gasteiger partial charge in [-0.25, -0.2) is 0 Å². The Bertz CT molecular complexity index is 1130. The van der Waals surface area contributed by atoms with Crippen molar-refractivity contribution in [3.8, 4) is 5.75 Å². The van der Waals surface area contributed by atoms with E-state index >= 15 is 0 Å². The number of aromatic nitrogens is 3. The second-order valence-electron chi connectivity index (χ2n) is 7.66. The second kappa shape index (κ2) is 11.0. The van der Waals surface area contributed by atoms with Crippen LogP contribution in [0.2, 0.25) is 0 Å². The van der Waals surface area contributed by atoms with Crippen LogP contribution in [0.4, 0.5) is 5.69 Å². The molecule has 0 saturated heterocycles. The number of nitrogens with zero attached hydrogens (tertiary/aromatic N) is 3. The minimum absolute atomic E-state index is 0.111. The first-order valence-electron chi connectivity index (χ1n) is 10.7. The number of thioether (sulfide) groups is 1. The molecule has 2 amide bonds. The van der Waals surface area contributed by atoms with Gasteiger partial charge in [0.2, 0.25) is 5.91 Å². The number of ether oxygens (including phenoxy) is 1. The molecule has 0 aliphatic carbocycles. The third kappa shape index (κ3) is 6.13. The quantitative estimate of drug-likeness (QED) is 0.459. The van der Waals surface area contributed by atoms with Crippen molar-refractivity contribution in [1.82, 2.24) is 20.1 Å². The standard InChI is InChI=1S/C24H29N5O3S/c1-6-29-22(17(4)25-23(31)18-8-10-19(32-5)11-9-18)27-28-24(29)33-14-21(30)26-20-12-7-15(2)13-16(20)3/h7-13,17H,6,14H2,1-5H3,(H,25,31)(H,26,30)/t17-/m1/s1. The summed E-state index contributed by atoms with van der Waals surface area (Å²) < 4.78 is 7.04. The van der Waals surface area contributed by atoms with E-state index in [0.717, 1.165) is 16.8 Å². The van der Waals surface area contributed by atoms with E-state index in [-0.39, 0.29) is 23.6 Å². The number of hydrogen-bond donors (Lipinski definition) is 2. The molecule has 0 spiro atoms. The molecule has 1 heterocycles. The van der Waals surface area contributed by atoms with E-state index in [1.165, 1.54) is 11.8 Å². The summed E-state index contributed by atoms with van der Waals surface area (Å²) >= 11 is 1.32. The zero-order valence-corrected chi connectivity index (χ0v) is 20.3. The minimum atomic E-state index is -0.356. The smallest absolute Gasteiger partial charge is 0.251 e. The molecule has 3 rings (SSSR count). The fourth-order valence-electron chi connectivity index (χ4n) is 3.38. The number of rotatable bonds is 9. The summed E-state index contributed by atoms with van der Waals surface area (Å²) in [5.74, 6) is 1.21. The Balaban J connectivity index is 1.62. The van der Waals surface area contributed by atoms with Gasteiger partial charge in [-0.1, -0.05) is 29.5 Å². The second-order valence-corrected chi connectivity index (χ2v) is 8.61. The summed E-state index contributed by atoms with van der Waals surface area (Å²) in [5.41, 5.74) is 3.51. The lowest BCUT2D eigenvalue weighted by Crippen LogP contribution is -2.28. The van der Waals surface area contributed by atoms with E-state index in [4.69, 9.17) is 4.74 Å². The lowest BCUT2D eigenvalue weighted by atomic mass is 10.1. The van der Waals surface area contributed by atoms with Crippen molar-refractivity contribution in [3.05, 3.63) is 65.0 Å². The van der Waals surface area contributed by atoms with Crippen LogP contribution in [0.3, 0.4) is 0 Å². The van der Waals surface area contributed by atoms with E-state index in [1.807, 2.05) is 50.5 Å². The van der Waals surface area contributed by atoms with Crippen LogP contribution in [-0.4, -0.2) is 39.4 Å². The molecule has 174 valence electrons. The Morgan fingerprint density at radius 1 is 1.12 bits per heavy atom. The summed E-state index contributed by atoms with van der Waals surface area (Å²) in [5, 5.41) is 15.1. The zero-order chi connectivity index (χ0) is 24.0. The average Bonchev–Trinajstić information content (AvgIpc) is 3.22. The van der Waals surface area contributed by atoms with Gasteiger partial charge in [0.15, 0.2) is 11.0 Å². The van der Waals surface area contributed by atoms with Gasteiger partial charge in [0.1, 0.15) is 5.75 Å². The topological polar surface area (TPSA) is 98.1 Å². The van der Waals surface area contributed by atoms with Gasteiger partial charge in [-0.15, -0.1) is 10.2 Å². The van der Waals surface area contributed by atoms with E-state index in [0.29, 0.717) is 28.8 Å². The molecule has 0 bridgehead atoms. The number of hydrogen-bond acceptors (Lipinski definition) is 6. The number of anilines is 1. The van der Waals surface area contributed by atoms with Crippen molar-refractivity contribution in [2.24, 2.45) is 0 Å². The fraction of sp³-hybridized carbons (Fsp3) is 0.333. The van der Waals surface area contributed by atoms with Crippen molar-refractivity contribution in [2.75, 3.05) is 18.2 Å². The van der Waals surface area contributed by atoms with Crippen molar-refractivity contribution < 1.29 is 14.3 Å². The highest BCUT2D eigenvalue weighted by atomic mass is 32.2. The van der Waals surface area contributed by atoms with Gasteiger partial charge in [-0.2, -0.15) is 0 Å². The van der Waals surface area contributed by atoms with Gasteiger partial charge in [0.25, 0.3) is 5.91 Å². The van der Waals surface area contributed by atoms with Crippen molar-refractivity contribution >= 4 is 29.3 Å². The highest BCUT2D eigenvalue weighted by Crippen LogP contribution is 2.22. The zero-order valence-electron chi connectivity index (χ0n) is 19.5. The molecule has 0 saturated carbocycles. The summed E-state index contributed by atoms with van der Waals surface area (Å²) in [7, 11) is 1.58. The first-order valence-corrected chi connectivity index (χ1v) is 11.7. The summed E-state index contributed by atoms with van der Waals surface area (Å²) in [6.45, 7) is 8.44. The maximum absolute atomic E-state index is 12.6. The highest BCUT2D eigenvalue weighted by Gasteiger charge is 2.20. The fourth-order valence-corrected chi connectivity index (χ4v) is 4.19. The van der Waals surface area contributed by atoms with E-state index < -0.39 is 0 Å². The first kappa shape index (κ1) is 24.3. The van der Waals surface area contributed by atoms with Crippen LogP contribution in [-0.2, 0) is 11.3 Å². The molecule has 2 N–H and O–H groups in total. The SMILES string of the molecule is CCn1c(SCC(=O)Nc2ccc(C)cc2C)nnc1[C@@H](C)NC(=O)c1ccc(OC)cc1. The first-order chi connectivity index (χ1) is 15.8. The molecule has 0 aliphatic heterocycles. The number of amides is 2. The van der Waals surface area contributed by atoms with Crippen LogP contribution < -0.4 is 15.4 Å². The summed E-state index contributed by atoms with van der Waals surface area (Å²) in [4.78, 5) is 25.1. The average molecular weight is 468 g/mol. The minimum Gasteiger partial charge on any atom is -0.497 e. The van der Waals surface area contributed by atoms with Gasteiger partial charge in [0, 0.05) is 17.8 Å². The largest absolute Gasteiger partial charge is 0.497 e. The molecule has 2 aromatic carbocycles. The molecule has 0 radical (unpaired) electrons. The van der Waals surface area contributed by atoms with Crippen LogP contribution in [0.15, 0.2) is 47.6 Å². The normalized spacial score (nSPS) is 11.7. The maximum Gasteiger partial charge on any atom is 0.251 e. The van der Waals surface area contributed by atoms with Crippen molar-refractivity contribution in [2.45, 2.75) is 45.4 Å². The summed E-state index contributed by atoms with van der Waals surface area (Å²) in [6.07, 6.45) is 0. The number of benzene rings is 2. The molecule has 0 aliphatic rings. The number of nitrogens with one attached hydrogen (secondary N) is 2. The monoisotopic (exact) mass is 467 g/mol. The molecule has 0 unspecified atom stereocenters. The van der Waals surface area contributed by atoms with Gasteiger partial charge < -0.3 is 19.9 Å². The molecule has 9 heteroatoms. The van der Waals surface area contributed by atoms with Crippen LogP contribution in [0.25, 0.3) is 0 Å². The van der Waals surface area contributed by atoms with Gasteiger partial charge in [-0.3, -0.25) is 9.59 Å². The van der Waals surface area contributed by atoms with E-state index in [2.05, 4.69) is 20.8 Å². The van der Waals surface area contributed by atoms with Crippen molar-refractivity contribution in [1.29, 1.82) is 0 Å². The predicted molar refractivity (Wildman–Crippen MR) is 130 cm³/mol. The van der Waals surface area contributed by atoms with Crippen molar-refractivity contribution in [3.63, 3.8) is 0 Å². The predicted octanol–water partition coefficient (Wildman–Crippen LogP) is 4.15. The lowest BCUT2D eigenvalue weighted by Gasteiger charge is -2.15. The van der Waals surface area contributed by atoms with Crippen LogP contribution in [0, 0.1) is 13.8 Å². The number of aryl methyl sites for hydroxylation is 2. The molecule has 3 aromatic rings. The molecule has 1 atom stereocenters. The Morgan fingerprint density at radius 3 is 2.48 bits per heavy atom. The van der Waals surface area contributed by atoms with Gasteiger partial charge >= 0.3 is 0 Å². The molecule has 33 heavy (non-hydrogen) atoms. The van der Waals surface area contributed by atoms with Gasteiger partial charge in [-0.05, 0) is 63.6 Å². The Morgan fingerprint density at radius 2 is 1.85 bits per heavy atom. The van der Waals surface area contributed by atoms with E-state index in [1.54, 1.807) is 31.4 Å². The molecular formula is C24H29N5O3S. The Hall–Kier alpha value is -3.33. The lowest BCUT2D eigenvalue weighted by molar-refractivity contribution is -0.113. The maximum atomic E-state index is 12.6. The highest BCUT2D eigenvalue weighted by molar-refractivity contribution is 7.99. The summed E-state index contributed by atoms with van der Waals surface area (Å²) in [6, 6.07) is 12.5. The number of methoxy groups -OCH3 is 1. The Labute approximate surface area is 198 Å². The van der Waals surface area contributed by atoms with Crippen LogP contribution in [0.5, 0.6) is 5.75 Å². The van der Waals surface area contributed by atoms with Crippen LogP contribution >= 0.6 is 11.8 Å². The Kier molecular flexibility index (Phi) is 8.11.